The van der Waals surface area contributed by atoms with Gasteiger partial charge in [0, 0.05) is 117 Å². The van der Waals surface area contributed by atoms with Crippen LogP contribution in [0.1, 0.15) is 58.1 Å². The second-order valence-electron chi connectivity index (χ2n) is 7.70. The zero-order valence-electron chi connectivity index (χ0n) is 19.1. The fourth-order valence-electron chi connectivity index (χ4n) is 3.59. The van der Waals surface area contributed by atoms with Crippen LogP contribution in [0.5, 0.6) is 0 Å². The smallest absolute Gasteiger partial charge is 0.328 e. The van der Waals surface area contributed by atoms with E-state index in [2.05, 4.69) is 23.1 Å². The fourth-order valence-corrected chi connectivity index (χ4v) is 3.59. The Labute approximate surface area is 267 Å². The van der Waals surface area contributed by atoms with E-state index in [0.717, 1.165) is 29.7 Å². The molecule has 4 unspecified atom stereocenters. The van der Waals surface area contributed by atoms with E-state index in [1.54, 1.807) is 6.20 Å². The maximum absolute atomic E-state index is 12.8. The predicted octanol–water partition coefficient (Wildman–Crippen LogP) is 1.70. The molecule has 1 aromatic rings. The summed E-state index contributed by atoms with van der Waals surface area (Å²) < 4.78 is 8.70. The Balaban J connectivity index is 0. The van der Waals surface area contributed by atoms with Gasteiger partial charge in [-0.2, -0.15) is 13.3 Å². The van der Waals surface area contributed by atoms with Gasteiger partial charge in [-0.15, -0.1) is 5.92 Å². The van der Waals surface area contributed by atoms with Crippen LogP contribution in [-0.2, 0) is 121 Å². The minimum absolute atomic E-state index is 0. The van der Waals surface area contributed by atoms with Gasteiger partial charge in [0.25, 0.3) is 5.56 Å². The third-order valence-corrected chi connectivity index (χ3v) is 6.11. The predicted molar refractivity (Wildman–Crippen MR) is 114 cm³/mol. The molecular weight excluding hydrogens is 660 g/mol. The van der Waals surface area contributed by atoms with Crippen LogP contribution in [0.15, 0.2) is 15.8 Å². The Hall–Kier alpha value is 1.81. The number of aromatic nitrogens is 2. The second-order valence-corrected chi connectivity index (χ2v) is 8.18. The first-order valence-corrected chi connectivity index (χ1v) is 10.7. The number of carbonyl (C=O) groups is 1. The van der Waals surface area contributed by atoms with E-state index in [9.17, 15) is 14.4 Å². The largest absolute Gasteiger partial charge is 0.480 e. The van der Waals surface area contributed by atoms with E-state index in [4.69, 9.17) is 15.6 Å². The quantitative estimate of drug-likeness (QED) is 0.359. The van der Waals surface area contributed by atoms with Crippen LogP contribution in [0.2, 0.25) is 0 Å². The van der Waals surface area contributed by atoms with Crippen molar-refractivity contribution in [2.75, 3.05) is 0 Å². The van der Waals surface area contributed by atoms with Crippen molar-refractivity contribution in [3.63, 3.8) is 0 Å². The van der Waals surface area contributed by atoms with Gasteiger partial charge in [0.05, 0.1) is 11.7 Å². The Morgan fingerprint density at radius 2 is 1.97 bits per heavy atom. The molecule has 0 aliphatic carbocycles. The molecule has 3 rings (SSSR count). The minimum atomic E-state index is -1.15. The van der Waals surface area contributed by atoms with E-state index < -0.39 is 23.3 Å². The monoisotopic (exact) mass is 692 g/mol. The van der Waals surface area contributed by atoms with Gasteiger partial charge < -0.3 is 26.3 Å². The Morgan fingerprint density at radius 3 is 2.50 bits per heavy atom. The molecule has 1 fully saturated rings. The molecule has 3 heterocycles. The summed E-state index contributed by atoms with van der Waals surface area (Å²) in [6.45, 7) is 6.58. The van der Waals surface area contributed by atoms with Crippen molar-refractivity contribution < 1.29 is 113 Å². The summed E-state index contributed by atoms with van der Waals surface area (Å²) in [6, 6.07) is -1.11. The van der Waals surface area contributed by atoms with Crippen LogP contribution < -0.4 is 17.0 Å². The average Bonchev–Trinajstić information content (AvgIpc) is 3.19. The van der Waals surface area contributed by atoms with Gasteiger partial charge in [0.1, 0.15) is 6.04 Å². The summed E-state index contributed by atoms with van der Waals surface area (Å²) in [6.07, 6.45) is 6.18. The van der Waals surface area contributed by atoms with E-state index in [0.29, 0.717) is 12.1 Å². The Morgan fingerprint density at radius 1 is 1.38 bits per heavy atom. The van der Waals surface area contributed by atoms with Crippen molar-refractivity contribution in [1.29, 1.82) is 0 Å². The van der Waals surface area contributed by atoms with Gasteiger partial charge >= 0.3 is 11.7 Å². The maximum Gasteiger partial charge on any atom is 0.328 e. The number of carboxylic acids is 1. The molecule has 2 aliphatic heterocycles. The molecule has 0 saturated carbocycles. The van der Waals surface area contributed by atoms with Crippen molar-refractivity contribution in [2.45, 2.75) is 77.8 Å². The zero-order valence-corrected chi connectivity index (χ0v) is 28.7. The van der Waals surface area contributed by atoms with Gasteiger partial charge in [-0.05, 0) is 19.3 Å². The molecule has 1 aromatic heterocycles. The minimum Gasteiger partial charge on any atom is -0.480 e. The van der Waals surface area contributed by atoms with E-state index in [-0.39, 0.29) is 129 Å². The number of hydrogen-bond acceptors (Lipinski definition) is 5. The number of ether oxygens (including phenoxy) is 1. The van der Waals surface area contributed by atoms with Crippen LogP contribution in [0.25, 0.3) is 0 Å². The number of carboxylic acid groups (broad SMARTS) is 1. The first kappa shape index (κ1) is 36.0. The molecule has 8 nitrogen and oxygen atoms in total. The van der Waals surface area contributed by atoms with Crippen molar-refractivity contribution in [2.24, 2.45) is 11.7 Å². The molecule has 5 atom stereocenters. The van der Waals surface area contributed by atoms with Crippen LogP contribution >= 0.6 is 9.24 Å². The first-order valence-electron chi connectivity index (χ1n) is 10.0. The molecule has 3 N–H and O–H groups in total. The van der Waals surface area contributed by atoms with E-state index in [1.807, 2.05) is 13.1 Å². The molecule has 12 heteroatoms. The summed E-state index contributed by atoms with van der Waals surface area (Å²) >= 11 is 0. The molecule has 0 amide bonds. The van der Waals surface area contributed by atoms with Gasteiger partial charge in [-0.1, -0.05) is 20.4 Å². The number of nitrogens with two attached hydrogens (primary N) is 1. The number of rotatable bonds is 5. The van der Waals surface area contributed by atoms with Crippen molar-refractivity contribution in [3.05, 3.63) is 44.7 Å². The molecule has 2 aliphatic rings. The molecule has 0 aromatic carbocycles. The number of nitrogens with zero attached hydrogens (tertiary/aromatic N) is 2. The summed E-state index contributed by atoms with van der Waals surface area (Å²) in [5, 5.41) is 8.91. The fraction of sp³-hybridized carbons (Fsp3) is 0.650. The molecule has 32 heavy (non-hydrogen) atoms. The van der Waals surface area contributed by atoms with E-state index in [1.165, 1.54) is 4.57 Å². The van der Waals surface area contributed by atoms with Gasteiger partial charge in [0.2, 0.25) is 0 Å². The van der Waals surface area contributed by atoms with Gasteiger partial charge in [0.15, 0.2) is 0 Å². The van der Waals surface area contributed by atoms with Gasteiger partial charge in [-0.25, -0.2) is 4.79 Å². The number of fused-ring (bicyclic) bond motifs is 5. The topological polar surface area (TPSA) is 117 Å². The second kappa shape index (κ2) is 17.3. The molecule has 4 bridgehead atoms. The third-order valence-electron chi connectivity index (χ3n) is 5.63. The van der Waals surface area contributed by atoms with Crippen molar-refractivity contribution in [1.82, 2.24) is 9.13 Å². The SMILES string of the molecule is CC[CH-]P.C[C-]1Cn2cc(c(=O)n(CCC(N)C(=O)O)c2=O)[C@H]2CCC(O2)C1C.[Y].[Y].[Y]. The standard InChI is InChI=1S/C17H24N3O5.C3H8P.3Y/c1-9-7-19-8-11(14-4-3-13(25-14)10(9)2)15(21)20(17(19)24)6-5-12(18)16(22)23;1-2-3-4;;;/h8,10,12-14H,3-7,18H2,1-2H3,(H,22,23);3H,2,4H2,1H3;;;/q2*-1;;;/t10?,12?,13?,14-;;;;/m1..../s1. The van der Waals surface area contributed by atoms with Crippen molar-refractivity contribution >= 4 is 15.2 Å². The Bertz CT molecular complexity index is 834. The summed E-state index contributed by atoms with van der Waals surface area (Å²) in [5.41, 5.74) is 5.14. The number of aliphatic carboxylic acids is 1. The molecule has 173 valence electrons. The molecular formula is C20H32N3O5PY3-2. The van der Waals surface area contributed by atoms with E-state index >= 15 is 0 Å². The maximum atomic E-state index is 12.8. The molecule has 1 saturated heterocycles. The number of hydrogen-bond donors (Lipinski definition) is 2. The summed E-state index contributed by atoms with van der Waals surface area (Å²) in [5.74, 6) is 0.172. The normalized spacial score (nSPS) is 22.3. The van der Waals surface area contributed by atoms with Crippen LogP contribution in [0, 0.1) is 18.0 Å². The zero-order chi connectivity index (χ0) is 21.7. The summed E-state index contributed by atoms with van der Waals surface area (Å²) in [4.78, 5) is 36.4. The van der Waals surface area contributed by atoms with Crippen LogP contribution in [-0.4, -0.2) is 32.4 Å². The average molecular weight is 692 g/mol. The Kier molecular flexibility index (Phi) is 19.4. The first-order chi connectivity index (χ1) is 13.7. The van der Waals surface area contributed by atoms with Crippen LogP contribution in [0.3, 0.4) is 0 Å². The summed E-state index contributed by atoms with van der Waals surface area (Å²) in [7, 11) is 2.53. The van der Waals surface area contributed by atoms with Crippen LogP contribution in [0.4, 0.5) is 0 Å². The molecule has 3 radical (unpaired) electrons. The molecule has 0 spiro atoms. The van der Waals surface area contributed by atoms with Crippen molar-refractivity contribution in [3.8, 4) is 0 Å². The third kappa shape index (κ3) is 9.36. The van der Waals surface area contributed by atoms with Gasteiger partial charge in [-0.3, -0.25) is 29.3 Å².